The number of hydrogen-bond acceptors (Lipinski definition) is 1. The Hall–Kier alpha value is -0.0100. The van der Waals surface area contributed by atoms with E-state index in [1.54, 1.807) is 0 Å². The summed E-state index contributed by atoms with van der Waals surface area (Å²) in [7, 11) is 0. The zero-order valence-corrected chi connectivity index (χ0v) is 7.38. The first-order chi connectivity index (χ1) is 5.12. The van der Waals surface area contributed by atoms with Gasteiger partial charge in [-0.2, -0.15) is 0 Å². The Kier molecular flexibility index (Phi) is 1.55. The summed E-state index contributed by atoms with van der Waals surface area (Å²) >= 11 is 6.22. The van der Waals surface area contributed by atoms with Crippen LogP contribution in [0.25, 0.3) is 0 Å². The van der Waals surface area contributed by atoms with Crippen LogP contribution in [-0.4, -0.2) is 16.1 Å². The minimum absolute atomic E-state index is 0.316. The van der Waals surface area contributed by atoms with Crippen molar-refractivity contribution >= 4 is 11.6 Å². The van der Waals surface area contributed by atoms with Gasteiger partial charge in [0.2, 0.25) is 0 Å². The third-order valence-corrected chi connectivity index (χ3v) is 3.62. The molecule has 62 valence electrons. The van der Waals surface area contributed by atoms with E-state index in [9.17, 15) is 5.11 Å². The molecule has 2 rings (SSSR count). The number of hydrogen-bond donors (Lipinski definition) is 1. The van der Waals surface area contributed by atoms with Crippen molar-refractivity contribution in [3.05, 3.63) is 12.2 Å². The van der Waals surface area contributed by atoms with E-state index < -0.39 is 4.87 Å². The van der Waals surface area contributed by atoms with Crippen molar-refractivity contribution in [2.75, 3.05) is 0 Å². The zero-order chi connectivity index (χ0) is 8.06. The fourth-order valence-corrected chi connectivity index (χ4v) is 2.67. The Morgan fingerprint density at radius 1 is 1.64 bits per heavy atom. The second-order valence-electron chi connectivity index (χ2n) is 3.85. The molecule has 1 nitrogen and oxygen atoms in total. The molecule has 0 unspecified atom stereocenters. The summed E-state index contributed by atoms with van der Waals surface area (Å²) in [5.41, 5.74) is 0. The largest absolute Gasteiger partial charge is 0.391 e. The van der Waals surface area contributed by atoms with Gasteiger partial charge in [-0.05, 0) is 25.7 Å². The molecular weight excluding hydrogens is 160 g/mol. The van der Waals surface area contributed by atoms with Crippen LogP contribution < -0.4 is 0 Å². The van der Waals surface area contributed by atoms with Gasteiger partial charge in [0.1, 0.15) is 0 Å². The van der Waals surface area contributed by atoms with Gasteiger partial charge in [-0.15, -0.1) is 11.6 Å². The van der Waals surface area contributed by atoms with E-state index >= 15 is 0 Å². The lowest BCUT2D eigenvalue weighted by molar-refractivity contribution is 0.146. The maximum atomic E-state index is 9.60. The second-order valence-corrected chi connectivity index (χ2v) is 4.67. The highest BCUT2D eigenvalue weighted by Gasteiger charge is 2.50. The molecule has 0 radical (unpaired) electrons. The standard InChI is InChI=1S/C9H13ClO/c1-9(10)7-4-2-3-6(7)5-8(9)11/h2,4,6-8,11H,3,5H2,1H3/t6-,7-,8+,9+/m1/s1. The molecule has 11 heavy (non-hydrogen) atoms. The summed E-state index contributed by atoms with van der Waals surface area (Å²) in [6.45, 7) is 1.94. The van der Waals surface area contributed by atoms with Crippen LogP contribution in [-0.2, 0) is 0 Å². The zero-order valence-electron chi connectivity index (χ0n) is 6.63. The molecular formula is C9H13ClO. The van der Waals surface area contributed by atoms with Crippen LogP contribution in [0.1, 0.15) is 19.8 Å². The van der Waals surface area contributed by atoms with Gasteiger partial charge in [-0.1, -0.05) is 12.2 Å². The van der Waals surface area contributed by atoms with Crippen LogP contribution in [0.5, 0.6) is 0 Å². The Bertz CT molecular complexity index is 198. The highest BCUT2D eigenvalue weighted by molar-refractivity contribution is 6.24. The van der Waals surface area contributed by atoms with Gasteiger partial charge in [-0.25, -0.2) is 0 Å². The van der Waals surface area contributed by atoms with Gasteiger partial charge >= 0.3 is 0 Å². The number of aliphatic hydroxyl groups is 1. The van der Waals surface area contributed by atoms with Crippen LogP contribution in [0, 0.1) is 11.8 Å². The predicted octanol–water partition coefficient (Wildman–Crippen LogP) is 1.94. The molecule has 1 N–H and O–H groups in total. The summed E-state index contributed by atoms with van der Waals surface area (Å²) < 4.78 is 0. The maximum Gasteiger partial charge on any atom is 0.0742 e. The van der Waals surface area contributed by atoms with Crippen LogP contribution in [0.3, 0.4) is 0 Å². The van der Waals surface area contributed by atoms with Crippen LogP contribution in [0.4, 0.5) is 0 Å². The van der Waals surface area contributed by atoms with Crippen molar-refractivity contribution in [3.8, 4) is 0 Å². The molecule has 4 atom stereocenters. The van der Waals surface area contributed by atoms with E-state index in [-0.39, 0.29) is 6.10 Å². The number of rotatable bonds is 0. The molecule has 2 aliphatic rings. The lowest BCUT2D eigenvalue weighted by Crippen LogP contribution is -2.32. The van der Waals surface area contributed by atoms with E-state index in [0.29, 0.717) is 11.8 Å². The summed E-state index contributed by atoms with van der Waals surface area (Å²) in [4.78, 5) is -0.405. The van der Waals surface area contributed by atoms with E-state index in [1.165, 1.54) is 0 Å². The lowest BCUT2D eigenvalue weighted by atomic mass is 9.93. The Morgan fingerprint density at radius 2 is 2.36 bits per heavy atom. The highest BCUT2D eigenvalue weighted by Crippen LogP contribution is 2.49. The predicted molar refractivity (Wildman–Crippen MR) is 45.6 cm³/mol. The van der Waals surface area contributed by atoms with Gasteiger partial charge in [0, 0.05) is 5.92 Å². The minimum atomic E-state index is -0.405. The molecule has 0 saturated heterocycles. The molecule has 1 saturated carbocycles. The Balaban J connectivity index is 2.27. The number of halogens is 1. The number of allylic oxidation sites excluding steroid dienone is 2. The van der Waals surface area contributed by atoms with Gasteiger partial charge in [0.15, 0.2) is 0 Å². The van der Waals surface area contributed by atoms with Gasteiger partial charge in [0.05, 0.1) is 11.0 Å². The fraction of sp³-hybridized carbons (Fsp3) is 0.778. The number of alkyl halides is 1. The first-order valence-corrected chi connectivity index (χ1v) is 4.54. The topological polar surface area (TPSA) is 20.2 Å². The first-order valence-electron chi connectivity index (χ1n) is 4.16. The summed E-state index contributed by atoms with van der Waals surface area (Å²) in [5.74, 6) is 1.01. The van der Waals surface area contributed by atoms with Crippen molar-refractivity contribution in [1.82, 2.24) is 0 Å². The smallest absolute Gasteiger partial charge is 0.0742 e. The summed E-state index contributed by atoms with van der Waals surface area (Å²) in [6.07, 6.45) is 6.00. The molecule has 2 heteroatoms. The van der Waals surface area contributed by atoms with Gasteiger partial charge in [-0.3, -0.25) is 0 Å². The first kappa shape index (κ1) is 7.63. The minimum Gasteiger partial charge on any atom is -0.391 e. The Labute approximate surface area is 72.1 Å². The molecule has 0 aromatic heterocycles. The van der Waals surface area contributed by atoms with Crippen molar-refractivity contribution in [2.45, 2.75) is 30.7 Å². The highest BCUT2D eigenvalue weighted by atomic mass is 35.5. The third-order valence-electron chi connectivity index (χ3n) is 3.12. The molecule has 0 amide bonds. The molecule has 0 aliphatic heterocycles. The van der Waals surface area contributed by atoms with Crippen molar-refractivity contribution in [3.63, 3.8) is 0 Å². The third kappa shape index (κ3) is 0.944. The van der Waals surface area contributed by atoms with E-state index in [0.717, 1.165) is 12.8 Å². The number of fused-ring (bicyclic) bond motifs is 1. The van der Waals surface area contributed by atoms with Crippen LogP contribution in [0.15, 0.2) is 12.2 Å². The summed E-state index contributed by atoms with van der Waals surface area (Å²) in [6, 6.07) is 0. The number of aliphatic hydroxyl groups excluding tert-OH is 1. The molecule has 0 spiro atoms. The van der Waals surface area contributed by atoms with Crippen LogP contribution >= 0.6 is 11.6 Å². The van der Waals surface area contributed by atoms with E-state index in [2.05, 4.69) is 12.2 Å². The lowest BCUT2D eigenvalue weighted by Gasteiger charge is -2.25. The monoisotopic (exact) mass is 172 g/mol. The van der Waals surface area contributed by atoms with Gasteiger partial charge in [0.25, 0.3) is 0 Å². The fourth-order valence-electron chi connectivity index (χ4n) is 2.33. The molecule has 1 fully saturated rings. The molecule has 0 bridgehead atoms. The molecule has 2 aliphatic carbocycles. The van der Waals surface area contributed by atoms with Gasteiger partial charge < -0.3 is 5.11 Å². The summed E-state index contributed by atoms with van der Waals surface area (Å²) in [5, 5.41) is 9.60. The van der Waals surface area contributed by atoms with Crippen molar-refractivity contribution in [1.29, 1.82) is 0 Å². The molecule has 0 heterocycles. The molecule has 0 aromatic carbocycles. The maximum absolute atomic E-state index is 9.60. The average Bonchev–Trinajstić information content (AvgIpc) is 2.41. The van der Waals surface area contributed by atoms with Crippen molar-refractivity contribution < 1.29 is 5.11 Å². The van der Waals surface area contributed by atoms with Crippen LogP contribution in [0.2, 0.25) is 0 Å². The average molecular weight is 173 g/mol. The van der Waals surface area contributed by atoms with E-state index in [1.807, 2.05) is 6.92 Å². The Morgan fingerprint density at radius 3 is 3.00 bits per heavy atom. The normalized spacial score (nSPS) is 55.0. The SMILES string of the molecule is C[C@]1(Cl)[C@@H]2C=CC[C@@H]2C[C@@H]1O. The second kappa shape index (κ2) is 2.24. The van der Waals surface area contributed by atoms with E-state index in [4.69, 9.17) is 11.6 Å². The van der Waals surface area contributed by atoms with Crippen molar-refractivity contribution in [2.24, 2.45) is 11.8 Å². The quantitative estimate of drug-likeness (QED) is 0.438. The molecule has 0 aromatic rings.